The van der Waals surface area contributed by atoms with Crippen molar-refractivity contribution < 1.29 is 4.79 Å². The highest BCUT2D eigenvalue weighted by atomic mass is 32.1. The first-order valence-electron chi connectivity index (χ1n) is 6.86. The quantitative estimate of drug-likeness (QED) is 0.938. The number of aromatic amines is 1. The second-order valence-electron chi connectivity index (χ2n) is 5.24. The number of piperidine rings is 1. The van der Waals surface area contributed by atoms with Crippen LogP contribution in [0.4, 0.5) is 0 Å². The third kappa shape index (κ3) is 2.53. The molecule has 2 aromatic heterocycles. The molecule has 1 aliphatic rings. The summed E-state index contributed by atoms with van der Waals surface area (Å²) in [7, 11) is 0. The molecule has 2 aromatic rings. The van der Waals surface area contributed by atoms with Crippen LogP contribution in [-0.2, 0) is 11.3 Å². The van der Waals surface area contributed by atoms with E-state index in [1.165, 1.54) is 11.3 Å². The Labute approximate surface area is 120 Å². The predicted octanol–water partition coefficient (Wildman–Crippen LogP) is 1.93. The minimum Gasteiger partial charge on any atom is -0.308 e. The van der Waals surface area contributed by atoms with Gasteiger partial charge in [0.15, 0.2) is 0 Å². The fourth-order valence-corrected chi connectivity index (χ4v) is 3.56. The zero-order valence-corrected chi connectivity index (χ0v) is 12.2. The van der Waals surface area contributed by atoms with Crippen LogP contribution in [-0.4, -0.2) is 33.2 Å². The van der Waals surface area contributed by atoms with Crippen molar-refractivity contribution in [2.75, 3.05) is 6.54 Å². The largest absolute Gasteiger partial charge is 0.308 e. The van der Waals surface area contributed by atoms with Crippen molar-refractivity contribution >= 4 is 27.3 Å². The first kappa shape index (κ1) is 13.5. The lowest BCUT2D eigenvalue weighted by Crippen LogP contribution is -2.43. The number of likely N-dealkylation sites (tertiary alicyclic amines) is 1. The molecule has 0 aromatic carbocycles. The van der Waals surface area contributed by atoms with E-state index in [-0.39, 0.29) is 17.4 Å². The highest BCUT2D eigenvalue weighted by molar-refractivity contribution is 7.17. The van der Waals surface area contributed by atoms with E-state index in [1.807, 2.05) is 11.4 Å². The van der Waals surface area contributed by atoms with Crippen LogP contribution in [0.2, 0.25) is 0 Å². The van der Waals surface area contributed by atoms with Crippen molar-refractivity contribution in [2.24, 2.45) is 0 Å². The molecule has 106 valence electrons. The molecule has 1 N–H and O–H groups in total. The summed E-state index contributed by atoms with van der Waals surface area (Å²) in [5.74, 6) is 0.845. The van der Waals surface area contributed by atoms with Crippen LogP contribution in [0.1, 0.15) is 32.0 Å². The predicted molar refractivity (Wildman–Crippen MR) is 79.0 cm³/mol. The number of nitrogens with zero attached hydrogens (tertiary/aromatic N) is 2. The Morgan fingerprint density at radius 1 is 1.55 bits per heavy atom. The van der Waals surface area contributed by atoms with Gasteiger partial charge < -0.3 is 4.98 Å². The molecule has 0 spiro atoms. The van der Waals surface area contributed by atoms with Gasteiger partial charge in [-0.1, -0.05) is 6.42 Å². The van der Waals surface area contributed by atoms with E-state index in [1.54, 1.807) is 6.92 Å². The van der Waals surface area contributed by atoms with Crippen LogP contribution in [0, 0.1) is 0 Å². The SMILES string of the molecule is CC(=O)C1CCCCN1Cc1nc2ccsc2c(=O)[nH]1. The van der Waals surface area contributed by atoms with Gasteiger partial charge in [-0.15, -0.1) is 11.3 Å². The lowest BCUT2D eigenvalue weighted by molar-refractivity contribution is -0.123. The normalized spacial score (nSPS) is 20.4. The second-order valence-corrected chi connectivity index (χ2v) is 6.16. The second kappa shape index (κ2) is 5.46. The molecule has 6 heteroatoms. The number of ketones is 1. The smallest absolute Gasteiger partial charge is 0.268 e. The van der Waals surface area contributed by atoms with E-state index in [9.17, 15) is 9.59 Å². The Kier molecular flexibility index (Phi) is 3.67. The molecule has 3 rings (SSSR count). The molecule has 0 bridgehead atoms. The summed E-state index contributed by atoms with van der Waals surface area (Å²) >= 11 is 1.40. The molecule has 0 aliphatic carbocycles. The molecule has 1 fully saturated rings. The Morgan fingerprint density at radius 3 is 3.20 bits per heavy atom. The maximum absolute atomic E-state index is 11.9. The first-order valence-corrected chi connectivity index (χ1v) is 7.74. The summed E-state index contributed by atoms with van der Waals surface area (Å²) in [6.45, 7) is 3.06. The number of aromatic nitrogens is 2. The van der Waals surface area contributed by atoms with Crippen LogP contribution >= 0.6 is 11.3 Å². The average Bonchev–Trinajstić information content (AvgIpc) is 2.88. The molecule has 0 amide bonds. The van der Waals surface area contributed by atoms with Gasteiger partial charge in [0.2, 0.25) is 0 Å². The lowest BCUT2D eigenvalue weighted by Gasteiger charge is -2.33. The molecule has 1 unspecified atom stereocenters. The fraction of sp³-hybridized carbons (Fsp3) is 0.500. The van der Waals surface area contributed by atoms with Gasteiger partial charge in [0.25, 0.3) is 5.56 Å². The molecule has 1 saturated heterocycles. The van der Waals surface area contributed by atoms with E-state index in [0.717, 1.165) is 31.3 Å². The van der Waals surface area contributed by atoms with E-state index >= 15 is 0 Å². The third-order valence-electron chi connectivity index (χ3n) is 3.80. The van der Waals surface area contributed by atoms with E-state index in [2.05, 4.69) is 14.9 Å². The Morgan fingerprint density at radius 2 is 2.40 bits per heavy atom. The van der Waals surface area contributed by atoms with Crippen molar-refractivity contribution in [2.45, 2.75) is 38.8 Å². The topological polar surface area (TPSA) is 66.1 Å². The highest BCUT2D eigenvalue weighted by Gasteiger charge is 2.26. The minimum atomic E-state index is -0.0867. The molecular weight excluding hydrogens is 274 g/mol. The summed E-state index contributed by atoms with van der Waals surface area (Å²) in [4.78, 5) is 33.1. The number of nitrogens with one attached hydrogen (secondary N) is 1. The van der Waals surface area contributed by atoms with Crippen LogP contribution in [0.3, 0.4) is 0 Å². The monoisotopic (exact) mass is 291 g/mol. The van der Waals surface area contributed by atoms with Crippen molar-refractivity contribution in [3.8, 4) is 0 Å². The third-order valence-corrected chi connectivity index (χ3v) is 4.70. The fourth-order valence-electron chi connectivity index (χ4n) is 2.83. The average molecular weight is 291 g/mol. The minimum absolute atomic E-state index is 0.0350. The van der Waals surface area contributed by atoms with Crippen molar-refractivity contribution in [3.05, 3.63) is 27.6 Å². The van der Waals surface area contributed by atoms with Crippen LogP contribution in [0.5, 0.6) is 0 Å². The van der Waals surface area contributed by atoms with Gasteiger partial charge >= 0.3 is 0 Å². The molecule has 0 radical (unpaired) electrons. The van der Waals surface area contributed by atoms with Crippen molar-refractivity contribution in [3.63, 3.8) is 0 Å². The van der Waals surface area contributed by atoms with Gasteiger partial charge in [-0.2, -0.15) is 0 Å². The maximum Gasteiger partial charge on any atom is 0.268 e. The standard InChI is InChI=1S/C14H17N3O2S/c1-9(18)11-4-2-3-6-17(11)8-12-15-10-5-7-20-13(10)14(19)16-12/h5,7,11H,2-4,6,8H2,1H3,(H,15,16,19). The summed E-state index contributed by atoms with van der Waals surface area (Å²) in [6, 6.07) is 1.82. The Balaban J connectivity index is 1.87. The molecule has 20 heavy (non-hydrogen) atoms. The van der Waals surface area contributed by atoms with Crippen LogP contribution in [0.25, 0.3) is 10.2 Å². The number of carbonyl (C=O) groups excluding carboxylic acids is 1. The summed E-state index contributed by atoms with van der Waals surface area (Å²) in [6.07, 6.45) is 3.09. The Hall–Kier alpha value is -1.53. The number of hydrogen-bond donors (Lipinski definition) is 1. The van der Waals surface area contributed by atoms with Crippen molar-refractivity contribution in [1.29, 1.82) is 0 Å². The summed E-state index contributed by atoms with van der Waals surface area (Å²) in [5, 5.41) is 1.87. The maximum atomic E-state index is 11.9. The van der Waals surface area contributed by atoms with E-state index in [0.29, 0.717) is 17.1 Å². The summed E-state index contributed by atoms with van der Waals surface area (Å²) in [5.41, 5.74) is 0.654. The molecular formula is C14H17N3O2S. The zero-order chi connectivity index (χ0) is 14.1. The Bertz CT molecular complexity index is 691. The zero-order valence-electron chi connectivity index (χ0n) is 11.4. The van der Waals surface area contributed by atoms with Crippen LogP contribution < -0.4 is 5.56 Å². The molecule has 3 heterocycles. The van der Waals surface area contributed by atoms with Gasteiger partial charge in [0.05, 0.1) is 18.1 Å². The molecule has 1 atom stereocenters. The molecule has 5 nitrogen and oxygen atoms in total. The first-order chi connectivity index (χ1) is 9.65. The lowest BCUT2D eigenvalue weighted by atomic mass is 9.99. The van der Waals surface area contributed by atoms with Gasteiger partial charge in [0.1, 0.15) is 16.3 Å². The van der Waals surface area contributed by atoms with Crippen molar-refractivity contribution in [1.82, 2.24) is 14.9 Å². The molecule has 0 saturated carbocycles. The number of carbonyl (C=O) groups is 1. The number of hydrogen-bond acceptors (Lipinski definition) is 5. The van der Waals surface area contributed by atoms with E-state index < -0.39 is 0 Å². The van der Waals surface area contributed by atoms with E-state index in [4.69, 9.17) is 0 Å². The highest BCUT2D eigenvalue weighted by Crippen LogP contribution is 2.20. The number of H-pyrrole nitrogens is 1. The number of Topliss-reactive ketones (excluding diaryl/α,β-unsaturated/α-hetero) is 1. The van der Waals surface area contributed by atoms with Gasteiger partial charge in [-0.3, -0.25) is 14.5 Å². The van der Waals surface area contributed by atoms with Crippen LogP contribution in [0.15, 0.2) is 16.2 Å². The van der Waals surface area contributed by atoms with Gasteiger partial charge in [0, 0.05) is 0 Å². The number of thiophene rings is 1. The summed E-state index contributed by atoms with van der Waals surface area (Å²) < 4.78 is 0.663. The number of fused-ring (bicyclic) bond motifs is 1. The van der Waals surface area contributed by atoms with Gasteiger partial charge in [-0.25, -0.2) is 4.98 Å². The number of rotatable bonds is 3. The van der Waals surface area contributed by atoms with Gasteiger partial charge in [-0.05, 0) is 37.8 Å². The molecule has 1 aliphatic heterocycles.